The summed E-state index contributed by atoms with van der Waals surface area (Å²) >= 11 is 12.0. The molecule has 0 aliphatic carbocycles. The number of carbonyl (C=O) groups excluding carboxylic acids is 2. The molecule has 2 heterocycles. The molecular weight excluding hydrogens is 405 g/mol. The molecule has 0 unspecified atom stereocenters. The minimum absolute atomic E-state index is 0.153. The van der Waals surface area contributed by atoms with Crippen molar-refractivity contribution < 1.29 is 14.3 Å². The van der Waals surface area contributed by atoms with E-state index < -0.39 is 24.0 Å². The fourth-order valence-corrected chi connectivity index (χ4v) is 2.94. The number of carbonyl (C=O) groups is 2. The van der Waals surface area contributed by atoms with Crippen molar-refractivity contribution in [3.05, 3.63) is 74.1 Å². The first-order valence-electron chi connectivity index (χ1n) is 8.18. The topological polar surface area (TPSA) is 90.3 Å². The first kappa shape index (κ1) is 19.9. The van der Waals surface area contributed by atoms with E-state index in [2.05, 4.69) is 15.0 Å². The van der Waals surface area contributed by atoms with Crippen LogP contribution in [0, 0.1) is 0 Å². The Morgan fingerprint density at radius 2 is 1.89 bits per heavy atom. The van der Waals surface area contributed by atoms with E-state index in [9.17, 15) is 14.4 Å². The Hall–Kier alpha value is -2.90. The molecule has 0 fully saturated rings. The van der Waals surface area contributed by atoms with E-state index >= 15 is 0 Å². The number of amides is 1. The Kier molecular flexibility index (Phi) is 5.96. The Labute approximate surface area is 169 Å². The molecule has 0 aliphatic heterocycles. The number of fused-ring (bicyclic) bond motifs is 1. The third-order valence-electron chi connectivity index (χ3n) is 4.06. The van der Waals surface area contributed by atoms with Crippen LogP contribution < -0.4 is 10.9 Å². The summed E-state index contributed by atoms with van der Waals surface area (Å²) in [5.74, 6) is -1.25. The number of benzene rings is 1. The molecule has 1 aromatic carbocycles. The van der Waals surface area contributed by atoms with Gasteiger partial charge < -0.3 is 10.1 Å². The van der Waals surface area contributed by atoms with Gasteiger partial charge in [0.25, 0.3) is 11.5 Å². The van der Waals surface area contributed by atoms with Crippen LogP contribution in [0.4, 0.5) is 0 Å². The zero-order chi connectivity index (χ0) is 20.3. The number of nitrogens with zero attached hydrogens (tertiary/aromatic N) is 2. The Balaban J connectivity index is 1.99. The molecule has 7 nitrogen and oxygen atoms in total. The third-order valence-corrected chi connectivity index (χ3v) is 4.64. The minimum atomic E-state index is -0.665. The molecule has 9 heteroatoms. The maximum atomic E-state index is 12.8. The molecule has 3 rings (SSSR count). The number of esters is 1. The van der Waals surface area contributed by atoms with Gasteiger partial charge in [-0.3, -0.25) is 19.0 Å². The number of pyridine rings is 2. The van der Waals surface area contributed by atoms with Crippen LogP contribution in [0.2, 0.25) is 10.0 Å². The fraction of sp³-hybridized carbons (Fsp3) is 0.158. The van der Waals surface area contributed by atoms with Crippen LogP contribution in [0.5, 0.6) is 0 Å². The number of halogens is 2. The molecule has 0 radical (unpaired) electrons. The average Bonchev–Trinajstić information content (AvgIpc) is 2.69. The van der Waals surface area contributed by atoms with Crippen LogP contribution >= 0.6 is 23.2 Å². The molecule has 0 saturated heterocycles. The number of rotatable bonds is 5. The summed E-state index contributed by atoms with van der Waals surface area (Å²) in [4.78, 5) is 41.3. The third kappa shape index (κ3) is 4.16. The summed E-state index contributed by atoms with van der Waals surface area (Å²) in [5, 5.41) is 3.94. The van der Waals surface area contributed by atoms with Crippen LogP contribution in [0.15, 0.2) is 47.4 Å². The smallest absolute Gasteiger partial charge is 0.325 e. The monoisotopic (exact) mass is 419 g/mol. The minimum Gasteiger partial charge on any atom is -0.468 e. The highest BCUT2D eigenvalue weighted by Crippen LogP contribution is 2.21. The SMILES string of the molecule is COC(=O)Cn1c(=O)c(C(=O)NCc2ccc(Cl)cc2)cc2c(Cl)ccnc21. The van der Waals surface area contributed by atoms with Gasteiger partial charge in [-0.15, -0.1) is 0 Å². The van der Waals surface area contributed by atoms with Crippen LogP contribution in [-0.2, 0) is 22.6 Å². The van der Waals surface area contributed by atoms with Gasteiger partial charge in [-0.1, -0.05) is 35.3 Å². The first-order chi connectivity index (χ1) is 13.4. The van der Waals surface area contributed by atoms with Gasteiger partial charge in [-0.05, 0) is 29.8 Å². The van der Waals surface area contributed by atoms with Gasteiger partial charge >= 0.3 is 5.97 Å². The number of hydrogen-bond acceptors (Lipinski definition) is 5. The van der Waals surface area contributed by atoms with Crippen LogP contribution in [0.1, 0.15) is 15.9 Å². The maximum Gasteiger partial charge on any atom is 0.325 e. The van der Waals surface area contributed by atoms with Gasteiger partial charge in [0.1, 0.15) is 17.8 Å². The zero-order valence-electron chi connectivity index (χ0n) is 14.7. The number of methoxy groups -OCH3 is 1. The number of ether oxygens (including phenoxy) is 1. The van der Waals surface area contributed by atoms with E-state index in [-0.39, 0.29) is 17.8 Å². The molecule has 1 N–H and O–H groups in total. The van der Waals surface area contributed by atoms with Gasteiger partial charge in [-0.2, -0.15) is 0 Å². The van der Waals surface area contributed by atoms with Crippen molar-refractivity contribution >= 4 is 46.1 Å². The van der Waals surface area contributed by atoms with Crippen molar-refractivity contribution in [2.75, 3.05) is 7.11 Å². The van der Waals surface area contributed by atoms with Crippen molar-refractivity contribution in [1.29, 1.82) is 0 Å². The molecule has 0 bridgehead atoms. The second-order valence-corrected chi connectivity index (χ2v) is 6.71. The molecule has 28 heavy (non-hydrogen) atoms. The van der Waals surface area contributed by atoms with Crippen molar-refractivity contribution in [2.45, 2.75) is 13.1 Å². The van der Waals surface area contributed by atoms with Crippen molar-refractivity contribution in [3.63, 3.8) is 0 Å². The highest BCUT2D eigenvalue weighted by Gasteiger charge is 2.19. The lowest BCUT2D eigenvalue weighted by atomic mass is 10.1. The molecule has 0 aliphatic rings. The van der Waals surface area contributed by atoms with Gasteiger partial charge in [0.15, 0.2) is 0 Å². The molecule has 144 valence electrons. The van der Waals surface area contributed by atoms with Gasteiger partial charge in [-0.25, -0.2) is 4.98 Å². The lowest BCUT2D eigenvalue weighted by Crippen LogP contribution is -2.34. The molecule has 0 saturated carbocycles. The Morgan fingerprint density at radius 3 is 2.57 bits per heavy atom. The van der Waals surface area contributed by atoms with Crippen LogP contribution in [0.3, 0.4) is 0 Å². The molecule has 3 aromatic rings. The normalized spacial score (nSPS) is 10.7. The highest BCUT2D eigenvalue weighted by atomic mass is 35.5. The maximum absolute atomic E-state index is 12.8. The van der Waals surface area contributed by atoms with Gasteiger partial charge in [0.05, 0.1) is 12.1 Å². The Morgan fingerprint density at radius 1 is 1.18 bits per heavy atom. The summed E-state index contributed by atoms with van der Waals surface area (Å²) in [5.41, 5.74) is 0.187. The molecule has 1 amide bonds. The highest BCUT2D eigenvalue weighted by molar-refractivity contribution is 6.35. The van der Waals surface area contributed by atoms with E-state index in [1.165, 1.54) is 25.4 Å². The van der Waals surface area contributed by atoms with E-state index in [0.717, 1.165) is 10.1 Å². The number of nitrogens with one attached hydrogen (secondary N) is 1. The zero-order valence-corrected chi connectivity index (χ0v) is 16.3. The van der Waals surface area contributed by atoms with E-state index in [4.69, 9.17) is 23.2 Å². The summed E-state index contributed by atoms with van der Waals surface area (Å²) in [7, 11) is 1.21. The van der Waals surface area contributed by atoms with E-state index in [1.807, 2.05) is 0 Å². The van der Waals surface area contributed by atoms with Crippen molar-refractivity contribution in [1.82, 2.24) is 14.9 Å². The molecule has 0 atom stereocenters. The largest absolute Gasteiger partial charge is 0.468 e. The van der Waals surface area contributed by atoms with Crippen LogP contribution in [0.25, 0.3) is 11.0 Å². The second kappa shape index (κ2) is 8.41. The predicted molar refractivity (Wildman–Crippen MR) is 106 cm³/mol. The van der Waals surface area contributed by atoms with Gasteiger partial charge in [0.2, 0.25) is 0 Å². The lowest BCUT2D eigenvalue weighted by Gasteiger charge is -2.12. The molecule has 2 aromatic heterocycles. The number of aromatic nitrogens is 2. The quantitative estimate of drug-likeness (QED) is 0.642. The molecular formula is C19H15Cl2N3O4. The fourth-order valence-electron chi connectivity index (χ4n) is 2.62. The predicted octanol–water partition coefficient (Wildman–Crippen LogP) is 2.81. The summed E-state index contributed by atoms with van der Waals surface area (Å²) in [6.45, 7) is -0.192. The standard InChI is InChI=1S/C19H15Cl2N3O4/c1-28-16(25)10-24-17-13(15(21)6-7-22-17)8-14(19(24)27)18(26)23-9-11-2-4-12(20)5-3-11/h2-8H,9-10H2,1H3,(H,23,26). The first-order valence-corrected chi connectivity index (χ1v) is 8.94. The Bertz CT molecular complexity index is 1110. The summed E-state index contributed by atoms with van der Waals surface area (Å²) < 4.78 is 5.71. The van der Waals surface area contributed by atoms with E-state index in [0.29, 0.717) is 15.4 Å². The number of hydrogen-bond donors (Lipinski definition) is 1. The lowest BCUT2D eigenvalue weighted by molar-refractivity contribution is -0.141. The second-order valence-electron chi connectivity index (χ2n) is 5.86. The van der Waals surface area contributed by atoms with Crippen molar-refractivity contribution in [2.24, 2.45) is 0 Å². The average molecular weight is 420 g/mol. The van der Waals surface area contributed by atoms with Crippen LogP contribution in [-0.4, -0.2) is 28.5 Å². The van der Waals surface area contributed by atoms with Gasteiger partial charge in [0, 0.05) is 23.2 Å². The van der Waals surface area contributed by atoms with Crippen molar-refractivity contribution in [3.8, 4) is 0 Å². The summed E-state index contributed by atoms with van der Waals surface area (Å²) in [6.07, 6.45) is 1.41. The van der Waals surface area contributed by atoms with E-state index in [1.54, 1.807) is 24.3 Å². The summed E-state index contributed by atoms with van der Waals surface area (Å²) in [6, 6.07) is 9.84. The molecule has 0 spiro atoms.